The molecule has 44 heavy (non-hydrogen) atoms. The molecule has 1 unspecified atom stereocenters. The monoisotopic (exact) mass is 602 g/mol. The first-order chi connectivity index (χ1) is 21.2. The molecule has 11 atom stereocenters. The highest BCUT2D eigenvalue weighted by Gasteiger charge is 2.60. The average molecular weight is 603 g/mol. The van der Waals surface area contributed by atoms with Crippen molar-refractivity contribution >= 4 is 5.91 Å². The number of likely N-dealkylation sites (tertiary alicyclic amines) is 1. The van der Waals surface area contributed by atoms with Crippen LogP contribution in [0.5, 0.6) is 0 Å². The molecule has 2 heterocycles. The Bertz CT molecular complexity index is 1230. The standard InChI is InChI=1S/C39H58N2O3/c1-25-20-35-37(41(24-25)19-18-40-36(43)13-10-28-8-6-5-7-9-28)27(3)39(44-35)17-15-31-32-12-11-29-21-30(42)14-16-38(29,4)34(32)22-33(31)26(2)23-39/h5-9,25,27,29-32,34-35,37,42H,10-24H2,1-4H3,(H,40,43)/t25-,27+,29+,30?,31-,32-,34-,35+,37-,38-,39-/m0/s1. The number of aliphatic hydroxyl groups is 1. The fourth-order valence-electron chi connectivity index (χ4n) is 11.8. The van der Waals surface area contributed by atoms with Crippen LogP contribution in [0.1, 0.15) is 104 Å². The largest absolute Gasteiger partial charge is 0.393 e. The maximum Gasteiger partial charge on any atom is 0.220 e. The van der Waals surface area contributed by atoms with Gasteiger partial charge >= 0.3 is 0 Å². The Morgan fingerprint density at radius 1 is 1.09 bits per heavy atom. The summed E-state index contributed by atoms with van der Waals surface area (Å²) in [6.07, 6.45) is 13.5. The number of hydrogen-bond acceptors (Lipinski definition) is 4. The highest BCUT2D eigenvalue weighted by atomic mass is 16.5. The topological polar surface area (TPSA) is 61.8 Å². The molecule has 0 aromatic heterocycles. The summed E-state index contributed by atoms with van der Waals surface area (Å²) in [5, 5.41) is 13.7. The molecular weight excluding hydrogens is 544 g/mol. The molecule has 0 radical (unpaired) electrons. The number of allylic oxidation sites excluding steroid dienone is 1. The number of carbonyl (C=O) groups is 1. The van der Waals surface area contributed by atoms with Gasteiger partial charge in [-0.05, 0) is 118 Å². The van der Waals surface area contributed by atoms with E-state index in [4.69, 9.17) is 4.74 Å². The zero-order chi connectivity index (χ0) is 30.6. The van der Waals surface area contributed by atoms with Crippen molar-refractivity contribution in [3.05, 3.63) is 47.0 Å². The molecule has 2 aliphatic heterocycles. The van der Waals surface area contributed by atoms with Gasteiger partial charge in [0.1, 0.15) is 0 Å². The van der Waals surface area contributed by atoms with E-state index in [0.29, 0.717) is 48.3 Å². The lowest BCUT2D eigenvalue weighted by atomic mass is 9.52. The lowest BCUT2D eigenvalue weighted by Crippen LogP contribution is -2.53. The molecule has 1 aromatic carbocycles. The van der Waals surface area contributed by atoms with Crippen LogP contribution in [0.2, 0.25) is 0 Å². The number of benzene rings is 1. The van der Waals surface area contributed by atoms with Crippen LogP contribution in [0, 0.1) is 40.9 Å². The molecule has 1 spiro atoms. The molecule has 7 rings (SSSR count). The van der Waals surface area contributed by atoms with Crippen LogP contribution < -0.4 is 5.32 Å². The lowest BCUT2D eigenvalue weighted by molar-refractivity contribution is -0.121. The van der Waals surface area contributed by atoms with Crippen LogP contribution >= 0.6 is 0 Å². The Kier molecular flexibility index (Phi) is 8.55. The predicted molar refractivity (Wildman–Crippen MR) is 176 cm³/mol. The van der Waals surface area contributed by atoms with Crippen molar-refractivity contribution in [2.24, 2.45) is 40.9 Å². The third-order valence-corrected chi connectivity index (χ3v) is 14.0. The summed E-state index contributed by atoms with van der Waals surface area (Å²) in [5.74, 6) is 4.35. The van der Waals surface area contributed by atoms with Crippen LogP contribution in [0.15, 0.2) is 41.5 Å². The number of nitrogens with zero attached hydrogens (tertiary/aromatic N) is 1. The number of amides is 1. The first-order valence-corrected chi connectivity index (χ1v) is 18.3. The summed E-state index contributed by atoms with van der Waals surface area (Å²) < 4.78 is 7.30. The fraction of sp³-hybridized carbons (Fsp3) is 0.769. The number of rotatable bonds is 6. The SMILES string of the molecule is CC1=C2C[C@H]3[C@@H](CC[C@@H]4CC(O)CC[C@@]43C)[C@@H]2CC[C@@]2(C1)O[C@@H]1C[C@H](C)CN(CCNC(=O)CCc3ccccc3)[C@H]1[C@H]2C. The number of piperidine rings is 1. The van der Waals surface area contributed by atoms with Crippen molar-refractivity contribution in [2.75, 3.05) is 19.6 Å². The van der Waals surface area contributed by atoms with E-state index in [1.165, 1.54) is 44.1 Å². The maximum atomic E-state index is 12.7. The smallest absolute Gasteiger partial charge is 0.220 e. The van der Waals surface area contributed by atoms with E-state index in [2.05, 4.69) is 50.0 Å². The van der Waals surface area contributed by atoms with E-state index in [-0.39, 0.29) is 17.6 Å². The summed E-state index contributed by atoms with van der Waals surface area (Å²) >= 11 is 0. The highest BCUT2D eigenvalue weighted by molar-refractivity contribution is 5.76. The summed E-state index contributed by atoms with van der Waals surface area (Å²) in [5.41, 5.74) is 5.04. The number of fused-ring (bicyclic) bond motifs is 6. The molecule has 5 nitrogen and oxygen atoms in total. The molecular formula is C39H58N2O3. The predicted octanol–water partition coefficient (Wildman–Crippen LogP) is 6.93. The minimum Gasteiger partial charge on any atom is -0.393 e. The van der Waals surface area contributed by atoms with E-state index in [0.717, 1.165) is 62.9 Å². The van der Waals surface area contributed by atoms with Crippen LogP contribution in [0.4, 0.5) is 0 Å². The summed E-state index contributed by atoms with van der Waals surface area (Å²) in [4.78, 5) is 15.3. The quantitative estimate of drug-likeness (QED) is 0.347. The van der Waals surface area contributed by atoms with Gasteiger partial charge in [0.05, 0.1) is 17.8 Å². The molecule has 2 N–H and O–H groups in total. The first kappa shape index (κ1) is 30.9. The van der Waals surface area contributed by atoms with Crippen molar-refractivity contribution in [3.8, 4) is 0 Å². The number of aliphatic hydroxyl groups excluding tert-OH is 1. The number of hydrogen-bond donors (Lipinski definition) is 2. The Balaban J connectivity index is 1.01. The van der Waals surface area contributed by atoms with Gasteiger partial charge in [-0.2, -0.15) is 0 Å². The normalized spacial score (nSPS) is 43.6. The molecule has 5 fully saturated rings. The maximum absolute atomic E-state index is 12.7. The van der Waals surface area contributed by atoms with Gasteiger partial charge in [-0.1, -0.05) is 62.2 Å². The molecule has 3 saturated carbocycles. The zero-order valence-electron chi connectivity index (χ0n) is 27.9. The zero-order valence-corrected chi connectivity index (χ0v) is 27.9. The molecule has 1 aromatic rings. The summed E-state index contributed by atoms with van der Waals surface area (Å²) in [7, 11) is 0. The van der Waals surface area contributed by atoms with Crippen LogP contribution in [-0.2, 0) is 16.0 Å². The van der Waals surface area contributed by atoms with Gasteiger partial charge in [0.15, 0.2) is 0 Å². The third-order valence-electron chi connectivity index (χ3n) is 14.0. The van der Waals surface area contributed by atoms with E-state index in [1.807, 2.05) is 18.2 Å². The average Bonchev–Trinajstić information content (AvgIpc) is 3.47. The highest BCUT2D eigenvalue weighted by Crippen LogP contribution is 2.65. The minimum atomic E-state index is -0.0694. The Morgan fingerprint density at radius 3 is 2.73 bits per heavy atom. The van der Waals surface area contributed by atoms with Crippen molar-refractivity contribution in [1.82, 2.24) is 10.2 Å². The van der Waals surface area contributed by atoms with E-state index >= 15 is 0 Å². The Labute approximate surface area is 266 Å². The van der Waals surface area contributed by atoms with Gasteiger partial charge in [-0.15, -0.1) is 0 Å². The second-order valence-electron chi connectivity index (χ2n) is 16.5. The summed E-state index contributed by atoms with van der Waals surface area (Å²) in [6, 6.07) is 10.8. The number of ether oxygens (including phenoxy) is 1. The molecule has 0 bridgehead atoms. The molecule has 2 saturated heterocycles. The van der Waals surface area contributed by atoms with Gasteiger partial charge in [-0.3, -0.25) is 9.69 Å². The fourth-order valence-corrected chi connectivity index (χ4v) is 11.8. The van der Waals surface area contributed by atoms with Gasteiger partial charge in [0.25, 0.3) is 0 Å². The van der Waals surface area contributed by atoms with Crippen molar-refractivity contribution in [2.45, 2.75) is 129 Å². The molecule has 1 amide bonds. The lowest BCUT2D eigenvalue weighted by Gasteiger charge is -2.53. The number of nitrogens with one attached hydrogen (secondary N) is 1. The van der Waals surface area contributed by atoms with E-state index in [1.54, 1.807) is 11.1 Å². The molecule has 5 heteroatoms. The van der Waals surface area contributed by atoms with Crippen molar-refractivity contribution in [3.63, 3.8) is 0 Å². The molecule has 242 valence electrons. The Morgan fingerprint density at radius 2 is 1.91 bits per heavy atom. The van der Waals surface area contributed by atoms with Crippen LogP contribution in [0.3, 0.4) is 0 Å². The Hall–Kier alpha value is -1.69. The second-order valence-corrected chi connectivity index (χ2v) is 16.5. The van der Waals surface area contributed by atoms with Crippen molar-refractivity contribution in [1.29, 1.82) is 0 Å². The minimum absolute atomic E-state index is 0.0520. The van der Waals surface area contributed by atoms with Gasteiger partial charge < -0.3 is 15.2 Å². The number of carbonyl (C=O) groups excluding carboxylic acids is 1. The van der Waals surface area contributed by atoms with E-state index < -0.39 is 0 Å². The van der Waals surface area contributed by atoms with E-state index in [9.17, 15) is 9.90 Å². The van der Waals surface area contributed by atoms with Crippen LogP contribution in [-0.4, -0.2) is 59.4 Å². The molecule has 4 aliphatic carbocycles. The number of aryl methyl sites for hydroxylation is 1. The van der Waals surface area contributed by atoms with Gasteiger partial charge in [-0.25, -0.2) is 0 Å². The van der Waals surface area contributed by atoms with Crippen LogP contribution in [0.25, 0.3) is 0 Å². The second kappa shape index (κ2) is 12.2. The molecule has 6 aliphatic rings. The third kappa shape index (κ3) is 5.51. The van der Waals surface area contributed by atoms with Gasteiger partial charge in [0, 0.05) is 38.0 Å². The summed E-state index contributed by atoms with van der Waals surface area (Å²) in [6.45, 7) is 12.7. The van der Waals surface area contributed by atoms with Gasteiger partial charge in [0.2, 0.25) is 5.91 Å². The first-order valence-electron chi connectivity index (χ1n) is 18.3. The van der Waals surface area contributed by atoms with Crippen molar-refractivity contribution < 1.29 is 14.6 Å².